The first-order valence-corrected chi connectivity index (χ1v) is 12.1. The lowest BCUT2D eigenvalue weighted by molar-refractivity contribution is -0.116. The van der Waals surface area contributed by atoms with Gasteiger partial charge in [-0.1, -0.05) is 65.8 Å². The molecule has 164 valence electrons. The van der Waals surface area contributed by atoms with Crippen molar-refractivity contribution in [1.82, 2.24) is 0 Å². The molecule has 7 atom stereocenters. The Labute approximate surface area is 183 Å². The van der Waals surface area contributed by atoms with Crippen LogP contribution in [0.3, 0.4) is 0 Å². The number of allylic oxidation sites excluding steroid dienone is 7. The third-order valence-corrected chi connectivity index (χ3v) is 9.37. The predicted octanol–water partition coefficient (Wildman–Crippen LogP) is 6.43. The molecule has 30 heavy (non-hydrogen) atoms. The van der Waals surface area contributed by atoms with E-state index in [1.165, 1.54) is 16.7 Å². The normalized spacial score (nSPS) is 40.3. The largest absolute Gasteiger partial charge is 0.389 e. The number of carbonyl (C=O) groups excluding carboxylic acids is 1. The van der Waals surface area contributed by atoms with Crippen LogP contribution in [0.5, 0.6) is 0 Å². The van der Waals surface area contributed by atoms with Gasteiger partial charge in [-0.25, -0.2) is 0 Å². The molecular weight excluding hydrogens is 368 g/mol. The van der Waals surface area contributed by atoms with E-state index in [1.807, 2.05) is 6.08 Å². The minimum atomic E-state index is -0.333. The molecule has 0 aliphatic heterocycles. The van der Waals surface area contributed by atoms with Crippen LogP contribution >= 0.6 is 0 Å². The average molecular weight is 409 g/mol. The molecule has 0 aromatic carbocycles. The number of rotatable bonds is 4. The lowest BCUT2D eigenvalue weighted by Gasteiger charge is -2.51. The topological polar surface area (TPSA) is 37.3 Å². The summed E-state index contributed by atoms with van der Waals surface area (Å²) in [6, 6.07) is 0. The molecule has 4 aliphatic carbocycles. The van der Waals surface area contributed by atoms with E-state index in [9.17, 15) is 9.90 Å². The number of aliphatic hydroxyl groups excluding tert-OH is 1. The van der Waals surface area contributed by atoms with Gasteiger partial charge >= 0.3 is 0 Å². The van der Waals surface area contributed by atoms with E-state index in [0.717, 1.165) is 25.7 Å². The zero-order chi connectivity index (χ0) is 21.8. The Morgan fingerprint density at radius 2 is 1.80 bits per heavy atom. The lowest BCUT2D eigenvalue weighted by atomic mass is 9.53. The molecule has 4 rings (SSSR count). The van der Waals surface area contributed by atoms with Crippen molar-refractivity contribution >= 4 is 5.78 Å². The smallest absolute Gasteiger partial charge is 0.156 e. The van der Waals surface area contributed by atoms with Gasteiger partial charge in [-0.2, -0.15) is 0 Å². The van der Waals surface area contributed by atoms with Crippen LogP contribution in [0.25, 0.3) is 0 Å². The van der Waals surface area contributed by atoms with Crippen LogP contribution in [-0.4, -0.2) is 17.0 Å². The molecule has 0 aromatic rings. The summed E-state index contributed by atoms with van der Waals surface area (Å²) >= 11 is 0. The van der Waals surface area contributed by atoms with Gasteiger partial charge in [-0.15, -0.1) is 0 Å². The minimum absolute atomic E-state index is 0.0440. The Morgan fingerprint density at radius 3 is 2.50 bits per heavy atom. The molecule has 0 heterocycles. The molecule has 1 N–H and O–H groups in total. The molecular formula is C28H40O2. The molecule has 0 radical (unpaired) electrons. The third kappa shape index (κ3) is 3.30. The number of fused-ring (bicyclic) bond motifs is 4. The molecule has 1 fully saturated rings. The summed E-state index contributed by atoms with van der Waals surface area (Å²) < 4.78 is 0. The second-order valence-electron chi connectivity index (χ2n) is 11.4. The van der Waals surface area contributed by atoms with Crippen molar-refractivity contribution in [3.63, 3.8) is 0 Å². The highest BCUT2D eigenvalue weighted by Crippen LogP contribution is 2.63. The molecule has 0 bridgehead atoms. The van der Waals surface area contributed by atoms with Crippen LogP contribution < -0.4 is 0 Å². The summed E-state index contributed by atoms with van der Waals surface area (Å²) in [6.45, 7) is 14.0. The van der Waals surface area contributed by atoms with Crippen LogP contribution in [0.15, 0.2) is 47.1 Å². The number of carbonyl (C=O) groups is 1. The van der Waals surface area contributed by atoms with Crippen LogP contribution in [0.2, 0.25) is 0 Å². The summed E-state index contributed by atoms with van der Waals surface area (Å²) in [4.78, 5) is 12.0. The molecule has 0 amide bonds. The fraction of sp³-hybridized carbons (Fsp3) is 0.679. The summed E-state index contributed by atoms with van der Waals surface area (Å²) in [6.07, 6.45) is 15.5. The molecule has 0 unspecified atom stereocenters. The lowest BCUT2D eigenvalue weighted by Crippen LogP contribution is -2.42. The van der Waals surface area contributed by atoms with E-state index >= 15 is 0 Å². The Bertz CT molecular complexity index is 841. The van der Waals surface area contributed by atoms with Crippen molar-refractivity contribution < 1.29 is 9.90 Å². The quantitative estimate of drug-likeness (QED) is 0.544. The molecule has 0 aromatic heterocycles. The van der Waals surface area contributed by atoms with Gasteiger partial charge < -0.3 is 5.11 Å². The number of hydrogen-bond donors (Lipinski definition) is 1. The van der Waals surface area contributed by atoms with Gasteiger partial charge in [0.15, 0.2) is 5.78 Å². The highest BCUT2D eigenvalue weighted by molar-refractivity contribution is 5.92. The van der Waals surface area contributed by atoms with Crippen LogP contribution in [0, 0.1) is 40.4 Å². The van der Waals surface area contributed by atoms with Crippen molar-refractivity contribution in [3.05, 3.63) is 47.1 Å². The van der Waals surface area contributed by atoms with Gasteiger partial charge in [0, 0.05) is 6.42 Å². The average Bonchev–Trinajstić information content (AvgIpc) is 2.97. The fourth-order valence-corrected chi connectivity index (χ4v) is 6.93. The van der Waals surface area contributed by atoms with E-state index in [4.69, 9.17) is 0 Å². The van der Waals surface area contributed by atoms with E-state index in [1.54, 1.807) is 0 Å². The first-order chi connectivity index (χ1) is 14.1. The van der Waals surface area contributed by atoms with E-state index < -0.39 is 0 Å². The van der Waals surface area contributed by atoms with E-state index in [-0.39, 0.29) is 22.7 Å². The zero-order valence-corrected chi connectivity index (χ0v) is 19.7. The zero-order valence-electron chi connectivity index (χ0n) is 19.7. The Morgan fingerprint density at radius 1 is 1.07 bits per heavy atom. The Kier molecular flexibility index (Phi) is 5.54. The highest BCUT2D eigenvalue weighted by Gasteiger charge is 2.55. The standard InChI is InChI=1S/C28H40O2/c1-17(2)18(3)7-8-19(4)24-16-25(30)26-22-10-9-20-15-21(29)11-13-27(20,5)23(22)12-14-28(24,26)6/h7-10,15,17-19,23-25,30H,11-14,16H2,1-6H3/b8-7+/t18-,19+,23-,24+,25+,27-,28+/m0/s1. The first-order valence-electron chi connectivity index (χ1n) is 12.1. The van der Waals surface area contributed by atoms with Crippen LogP contribution in [-0.2, 0) is 4.79 Å². The summed E-state index contributed by atoms with van der Waals surface area (Å²) in [5.41, 5.74) is 4.03. The number of aliphatic hydroxyl groups is 1. The second-order valence-corrected chi connectivity index (χ2v) is 11.4. The third-order valence-electron chi connectivity index (χ3n) is 9.37. The van der Waals surface area contributed by atoms with Gasteiger partial charge in [0.25, 0.3) is 0 Å². The summed E-state index contributed by atoms with van der Waals surface area (Å²) in [5.74, 6) is 2.89. The molecule has 0 spiro atoms. The van der Waals surface area contributed by atoms with Crippen molar-refractivity contribution in [3.8, 4) is 0 Å². The molecule has 1 saturated carbocycles. The van der Waals surface area contributed by atoms with Gasteiger partial charge in [0.1, 0.15) is 0 Å². The van der Waals surface area contributed by atoms with Gasteiger partial charge in [-0.3, -0.25) is 4.79 Å². The highest BCUT2D eigenvalue weighted by atomic mass is 16.3. The fourth-order valence-electron chi connectivity index (χ4n) is 6.93. The molecule has 2 heteroatoms. The molecule has 0 saturated heterocycles. The van der Waals surface area contributed by atoms with Gasteiger partial charge in [0.05, 0.1) is 6.10 Å². The monoisotopic (exact) mass is 408 g/mol. The maximum atomic E-state index is 12.0. The van der Waals surface area contributed by atoms with E-state index in [2.05, 4.69) is 65.8 Å². The molecule has 2 nitrogen and oxygen atoms in total. The Hall–Kier alpha value is -1.41. The van der Waals surface area contributed by atoms with Gasteiger partial charge in [-0.05, 0) is 88.9 Å². The maximum Gasteiger partial charge on any atom is 0.156 e. The summed E-state index contributed by atoms with van der Waals surface area (Å²) in [5, 5.41) is 11.3. The Balaban J connectivity index is 1.70. The van der Waals surface area contributed by atoms with E-state index in [0.29, 0.717) is 36.0 Å². The van der Waals surface area contributed by atoms with Crippen molar-refractivity contribution in [2.24, 2.45) is 40.4 Å². The number of ketones is 1. The summed E-state index contributed by atoms with van der Waals surface area (Å²) in [7, 11) is 0. The maximum absolute atomic E-state index is 12.0. The van der Waals surface area contributed by atoms with Crippen molar-refractivity contribution in [1.29, 1.82) is 0 Å². The first kappa shape index (κ1) is 21.8. The van der Waals surface area contributed by atoms with Crippen LogP contribution in [0.1, 0.15) is 73.6 Å². The van der Waals surface area contributed by atoms with Crippen LogP contribution in [0.4, 0.5) is 0 Å². The minimum Gasteiger partial charge on any atom is -0.389 e. The number of hydrogen-bond acceptors (Lipinski definition) is 2. The van der Waals surface area contributed by atoms with Crippen molar-refractivity contribution in [2.75, 3.05) is 0 Å². The second kappa shape index (κ2) is 7.62. The molecule has 4 aliphatic rings. The van der Waals surface area contributed by atoms with Gasteiger partial charge in [0.2, 0.25) is 0 Å². The predicted molar refractivity (Wildman–Crippen MR) is 124 cm³/mol. The van der Waals surface area contributed by atoms with Crippen molar-refractivity contribution in [2.45, 2.75) is 79.8 Å². The SMILES string of the molecule is CC(C)[C@@H](C)/C=C/[C@@H](C)[C@H]1C[C@@H](O)C2=C3C=CC4=CC(=O)CC[C@]4(C)[C@H]3CC[C@@]21C.